The summed E-state index contributed by atoms with van der Waals surface area (Å²) >= 11 is 0. The maximum Gasteiger partial charge on any atom is 0.343 e. The molecule has 0 bridgehead atoms. The minimum atomic E-state index is -1.30. The Morgan fingerprint density at radius 3 is 2.65 bits per heavy atom. The average Bonchev–Trinajstić information content (AvgIpc) is 2.29. The van der Waals surface area contributed by atoms with Crippen LogP contribution in [-0.4, -0.2) is 29.9 Å². The van der Waals surface area contributed by atoms with Gasteiger partial charge in [0.25, 0.3) is 0 Å². The molecule has 0 unspecified atom stereocenters. The highest BCUT2D eigenvalue weighted by atomic mass is 16.5. The van der Waals surface area contributed by atoms with E-state index in [-0.39, 0.29) is 22.6 Å². The van der Waals surface area contributed by atoms with Gasteiger partial charge in [0.15, 0.2) is 5.76 Å². The molecule has 0 aliphatic heterocycles. The van der Waals surface area contributed by atoms with Gasteiger partial charge in [0.05, 0.1) is 19.8 Å². The van der Waals surface area contributed by atoms with Crippen LogP contribution in [0.3, 0.4) is 0 Å². The standard InChI is InChI=1S/C11H12O6/c1-3-6(5-12)10-9(11(14)15)7(16-2)4-8(13)17-10/h3-4,12H,5H2,1-2H3,(H,14,15)/b6-3+. The predicted octanol–water partition coefficient (Wildman–Crippen LogP) is 0.742. The Hall–Kier alpha value is -2.08. The minimum Gasteiger partial charge on any atom is -0.495 e. The zero-order valence-electron chi connectivity index (χ0n) is 9.39. The molecule has 0 atom stereocenters. The highest BCUT2D eigenvalue weighted by Crippen LogP contribution is 2.25. The summed E-state index contributed by atoms with van der Waals surface area (Å²) in [5, 5.41) is 18.1. The zero-order chi connectivity index (χ0) is 13.0. The molecule has 1 aromatic rings. The molecule has 1 heterocycles. The van der Waals surface area contributed by atoms with E-state index in [9.17, 15) is 9.59 Å². The smallest absolute Gasteiger partial charge is 0.343 e. The number of hydrogen-bond acceptors (Lipinski definition) is 5. The van der Waals surface area contributed by atoms with E-state index in [0.29, 0.717) is 0 Å². The Labute approximate surface area is 96.8 Å². The molecule has 0 amide bonds. The summed E-state index contributed by atoms with van der Waals surface area (Å²) in [6, 6.07) is 0.942. The molecule has 0 spiro atoms. The zero-order valence-corrected chi connectivity index (χ0v) is 9.39. The number of methoxy groups -OCH3 is 1. The van der Waals surface area contributed by atoms with E-state index in [1.54, 1.807) is 6.92 Å². The first-order valence-corrected chi connectivity index (χ1v) is 4.77. The lowest BCUT2D eigenvalue weighted by atomic mass is 10.1. The van der Waals surface area contributed by atoms with Crippen LogP contribution in [0.1, 0.15) is 23.0 Å². The van der Waals surface area contributed by atoms with Crippen molar-refractivity contribution in [3.63, 3.8) is 0 Å². The van der Waals surface area contributed by atoms with E-state index in [2.05, 4.69) is 0 Å². The van der Waals surface area contributed by atoms with Crippen molar-refractivity contribution in [1.82, 2.24) is 0 Å². The number of ether oxygens (including phenoxy) is 1. The maximum atomic E-state index is 11.2. The third kappa shape index (κ3) is 2.54. The molecule has 0 aromatic carbocycles. The van der Waals surface area contributed by atoms with Crippen LogP contribution in [0, 0.1) is 0 Å². The van der Waals surface area contributed by atoms with Gasteiger partial charge in [-0.3, -0.25) is 0 Å². The average molecular weight is 240 g/mol. The monoisotopic (exact) mass is 240 g/mol. The fourth-order valence-corrected chi connectivity index (χ4v) is 1.36. The normalized spacial score (nSPS) is 11.4. The van der Waals surface area contributed by atoms with Crippen LogP contribution in [0.15, 0.2) is 21.4 Å². The third-order valence-corrected chi connectivity index (χ3v) is 2.17. The summed E-state index contributed by atoms with van der Waals surface area (Å²) in [5.74, 6) is -1.59. The fraction of sp³-hybridized carbons (Fsp3) is 0.273. The molecule has 17 heavy (non-hydrogen) atoms. The third-order valence-electron chi connectivity index (χ3n) is 2.17. The Morgan fingerprint density at radius 2 is 2.24 bits per heavy atom. The van der Waals surface area contributed by atoms with Gasteiger partial charge in [-0.2, -0.15) is 0 Å². The quantitative estimate of drug-likeness (QED) is 0.805. The van der Waals surface area contributed by atoms with Gasteiger partial charge in [0.1, 0.15) is 11.3 Å². The van der Waals surface area contributed by atoms with Crippen LogP contribution >= 0.6 is 0 Å². The van der Waals surface area contributed by atoms with E-state index in [1.165, 1.54) is 13.2 Å². The summed E-state index contributed by atoms with van der Waals surface area (Å²) in [7, 11) is 1.25. The molecule has 0 saturated heterocycles. The van der Waals surface area contributed by atoms with Gasteiger partial charge in [-0.1, -0.05) is 6.08 Å². The predicted molar refractivity (Wildman–Crippen MR) is 59.2 cm³/mol. The van der Waals surface area contributed by atoms with Gasteiger partial charge in [-0.05, 0) is 6.92 Å². The van der Waals surface area contributed by atoms with Crippen molar-refractivity contribution >= 4 is 11.5 Å². The highest BCUT2D eigenvalue weighted by molar-refractivity contribution is 5.95. The topological polar surface area (TPSA) is 97.0 Å². The van der Waals surface area contributed by atoms with Crippen LogP contribution in [0.4, 0.5) is 0 Å². The SMILES string of the molecule is C/C=C(\CO)c1oc(=O)cc(OC)c1C(=O)O. The Morgan fingerprint density at radius 1 is 1.59 bits per heavy atom. The van der Waals surface area contributed by atoms with Crippen LogP contribution < -0.4 is 10.4 Å². The number of allylic oxidation sites excluding steroid dienone is 1. The van der Waals surface area contributed by atoms with Gasteiger partial charge in [0, 0.05) is 5.57 Å². The second kappa shape index (κ2) is 5.31. The van der Waals surface area contributed by atoms with E-state index in [4.69, 9.17) is 19.4 Å². The van der Waals surface area contributed by atoms with E-state index < -0.39 is 18.2 Å². The molecular weight excluding hydrogens is 228 g/mol. The van der Waals surface area contributed by atoms with Crippen LogP contribution in [0.5, 0.6) is 5.75 Å². The molecule has 2 N–H and O–H groups in total. The summed E-state index contributed by atoms with van der Waals surface area (Å²) in [4.78, 5) is 22.3. The molecule has 6 nitrogen and oxygen atoms in total. The number of aliphatic hydroxyl groups is 1. The molecule has 0 aliphatic carbocycles. The molecule has 1 aromatic heterocycles. The molecule has 6 heteroatoms. The number of rotatable bonds is 4. The van der Waals surface area contributed by atoms with E-state index >= 15 is 0 Å². The lowest BCUT2D eigenvalue weighted by Crippen LogP contribution is -2.12. The molecule has 92 valence electrons. The molecule has 0 aliphatic rings. The van der Waals surface area contributed by atoms with Crippen molar-refractivity contribution < 1.29 is 24.2 Å². The summed E-state index contributed by atoms with van der Waals surface area (Å²) in [6.07, 6.45) is 1.46. The van der Waals surface area contributed by atoms with Crippen LogP contribution in [-0.2, 0) is 0 Å². The molecule has 1 rings (SSSR count). The first kappa shape index (κ1) is 13.0. The second-order valence-corrected chi connectivity index (χ2v) is 3.12. The van der Waals surface area contributed by atoms with Gasteiger partial charge < -0.3 is 19.4 Å². The number of carboxylic acid groups (broad SMARTS) is 1. The number of carboxylic acids is 1. The number of aliphatic hydroxyl groups excluding tert-OH is 1. The first-order valence-electron chi connectivity index (χ1n) is 4.77. The molecule has 0 fully saturated rings. The minimum absolute atomic E-state index is 0.100. The van der Waals surface area contributed by atoms with Crippen molar-refractivity contribution in [1.29, 1.82) is 0 Å². The summed E-state index contributed by atoms with van der Waals surface area (Å²) in [5.41, 5.74) is -0.817. The van der Waals surface area contributed by atoms with Crippen LogP contribution in [0.2, 0.25) is 0 Å². The fourth-order valence-electron chi connectivity index (χ4n) is 1.36. The van der Waals surface area contributed by atoms with Crippen molar-refractivity contribution in [2.24, 2.45) is 0 Å². The van der Waals surface area contributed by atoms with E-state index in [1.807, 2.05) is 0 Å². The number of hydrogen-bond donors (Lipinski definition) is 2. The maximum absolute atomic E-state index is 11.2. The van der Waals surface area contributed by atoms with Gasteiger partial charge >= 0.3 is 11.6 Å². The Balaban J connectivity index is 3.62. The van der Waals surface area contributed by atoms with Crippen molar-refractivity contribution in [3.8, 4) is 5.75 Å². The van der Waals surface area contributed by atoms with Gasteiger partial charge in [0.2, 0.25) is 0 Å². The van der Waals surface area contributed by atoms with Crippen LogP contribution in [0.25, 0.3) is 5.57 Å². The summed E-state index contributed by atoms with van der Waals surface area (Å²) < 4.78 is 9.63. The Kier molecular flexibility index (Phi) is 4.06. The van der Waals surface area contributed by atoms with Crippen molar-refractivity contribution in [2.45, 2.75) is 6.92 Å². The molecule has 0 radical (unpaired) electrons. The Bertz CT molecular complexity index is 511. The second-order valence-electron chi connectivity index (χ2n) is 3.12. The van der Waals surface area contributed by atoms with Crippen molar-refractivity contribution in [2.75, 3.05) is 13.7 Å². The lowest BCUT2D eigenvalue weighted by Gasteiger charge is -2.09. The largest absolute Gasteiger partial charge is 0.495 e. The highest BCUT2D eigenvalue weighted by Gasteiger charge is 2.22. The molecular formula is C11H12O6. The summed E-state index contributed by atoms with van der Waals surface area (Å²) in [6.45, 7) is 1.16. The van der Waals surface area contributed by atoms with Gasteiger partial charge in [-0.15, -0.1) is 0 Å². The van der Waals surface area contributed by atoms with Crippen molar-refractivity contribution in [3.05, 3.63) is 33.9 Å². The molecule has 0 saturated carbocycles. The number of aromatic carboxylic acids is 1. The first-order chi connectivity index (χ1) is 8.04. The lowest BCUT2D eigenvalue weighted by molar-refractivity contribution is 0.0689. The van der Waals surface area contributed by atoms with E-state index in [0.717, 1.165) is 6.07 Å². The number of carbonyl (C=O) groups is 1. The van der Waals surface area contributed by atoms with Gasteiger partial charge in [-0.25, -0.2) is 9.59 Å².